The van der Waals surface area contributed by atoms with Crippen LogP contribution >= 0.6 is 11.8 Å². The minimum Gasteiger partial charge on any atom is -0.478 e. The second kappa shape index (κ2) is 15.8. The number of amides is 2. The summed E-state index contributed by atoms with van der Waals surface area (Å²) in [4.78, 5) is 25.0. The van der Waals surface area contributed by atoms with Gasteiger partial charge in [0.05, 0.1) is 24.4 Å². The molecule has 1 aliphatic rings. The number of hydrogen-bond acceptors (Lipinski definition) is 7. The van der Waals surface area contributed by atoms with Crippen molar-refractivity contribution in [3.05, 3.63) is 150 Å². The number of ether oxygens (including phenoxy) is 3. The van der Waals surface area contributed by atoms with Crippen LogP contribution in [0.5, 0.6) is 11.5 Å². The monoisotopic (exact) mass is 676 g/mol. The van der Waals surface area contributed by atoms with E-state index in [0.717, 1.165) is 27.3 Å². The molecule has 9 nitrogen and oxygen atoms in total. The van der Waals surface area contributed by atoms with Gasteiger partial charge in [0.2, 0.25) is 0 Å². The molecule has 0 radical (unpaired) electrons. The lowest BCUT2D eigenvalue weighted by Crippen LogP contribution is -2.38. The minimum atomic E-state index is -0.960. The zero-order chi connectivity index (χ0) is 34.2. The van der Waals surface area contributed by atoms with E-state index < -0.39 is 12.3 Å². The molecule has 0 aliphatic carbocycles. The number of anilines is 2. The van der Waals surface area contributed by atoms with Gasteiger partial charge in [-0.3, -0.25) is 0 Å². The summed E-state index contributed by atoms with van der Waals surface area (Å²) < 4.78 is 18.9. The molecule has 10 heteroatoms. The molecule has 4 unspecified atom stereocenters. The lowest BCUT2D eigenvalue weighted by molar-refractivity contribution is -0.268. The van der Waals surface area contributed by atoms with Gasteiger partial charge in [-0.05, 0) is 83.9 Å². The Morgan fingerprint density at radius 2 is 1.33 bits per heavy atom. The van der Waals surface area contributed by atoms with Crippen LogP contribution in [0, 0.1) is 5.92 Å². The van der Waals surface area contributed by atoms with Crippen molar-refractivity contribution in [1.29, 1.82) is 0 Å². The molecule has 1 saturated heterocycles. The normalized spacial score (nSPS) is 18.7. The molecule has 0 saturated carbocycles. The van der Waals surface area contributed by atoms with Crippen molar-refractivity contribution in [1.82, 2.24) is 0 Å². The van der Waals surface area contributed by atoms with Crippen molar-refractivity contribution in [2.45, 2.75) is 36.9 Å². The first kappa shape index (κ1) is 33.8. The standard InChI is InChI=1S/C39H36N2O7S/c1-25-35(24-49-34-21-13-28(14-22-34)37(43)44)47-38(48-36(25)27-9-7-26(23-42)8-10-27)29-11-15-30(16-12-29)40-39(45)41-31-17-19-33(20-18-31)46-32-5-3-2-4-6-32/h2-22,25,35-36,38,42H,23-24H2,1H3,(H,43,44)(H2,40,41,45). The van der Waals surface area contributed by atoms with Crippen molar-refractivity contribution >= 4 is 35.1 Å². The van der Waals surface area contributed by atoms with Gasteiger partial charge in [0.1, 0.15) is 11.5 Å². The van der Waals surface area contributed by atoms with Gasteiger partial charge in [-0.2, -0.15) is 0 Å². The van der Waals surface area contributed by atoms with Crippen LogP contribution in [0.3, 0.4) is 0 Å². The van der Waals surface area contributed by atoms with Crippen molar-refractivity contribution in [2.24, 2.45) is 5.92 Å². The number of rotatable bonds is 11. The number of nitrogens with one attached hydrogen (secondary N) is 2. The van der Waals surface area contributed by atoms with Crippen molar-refractivity contribution < 1.29 is 34.0 Å². The summed E-state index contributed by atoms with van der Waals surface area (Å²) >= 11 is 1.59. The van der Waals surface area contributed by atoms with Crippen molar-refractivity contribution in [3.8, 4) is 11.5 Å². The number of carbonyl (C=O) groups is 2. The fourth-order valence-electron chi connectivity index (χ4n) is 5.43. The van der Waals surface area contributed by atoms with Crippen LogP contribution in [0.1, 0.15) is 46.4 Å². The average molecular weight is 677 g/mol. The highest BCUT2D eigenvalue weighted by atomic mass is 32.2. The third-order valence-electron chi connectivity index (χ3n) is 8.17. The first-order valence-electron chi connectivity index (χ1n) is 15.8. The smallest absolute Gasteiger partial charge is 0.335 e. The molecule has 6 rings (SSSR count). The zero-order valence-electron chi connectivity index (χ0n) is 26.7. The molecule has 0 spiro atoms. The predicted molar refractivity (Wildman–Crippen MR) is 189 cm³/mol. The number of aliphatic hydroxyl groups excluding tert-OH is 1. The predicted octanol–water partition coefficient (Wildman–Crippen LogP) is 8.90. The molecule has 1 heterocycles. The Kier molecular flexibility index (Phi) is 10.9. The number of para-hydroxylation sites is 1. The molecule has 0 aromatic heterocycles. The highest BCUT2D eigenvalue weighted by Crippen LogP contribution is 2.43. The summed E-state index contributed by atoms with van der Waals surface area (Å²) in [6, 6.07) is 38.1. The number of thioether (sulfide) groups is 1. The Morgan fingerprint density at radius 1 is 0.735 bits per heavy atom. The lowest BCUT2D eigenvalue weighted by Gasteiger charge is -2.41. The van der Waals surface area contributed by atoms with Gasteiger partial charge in [0.15, 0.2) is 6.29 Å². The topological polar surface area (TPSA) is 126 Å². The summed E-state index contributed by atoms with van der Waals surface area (Å²) in [5.41, 5.74) is 4.05. The summed E-state index contributed by atoms with van der Waals surface area (Å²) in [6.07, 6.45) is -1.14. The van der Waals surface area contributed by atoms with Gasteiger partial charge in [-0.15, -0.1) is 11.8 Å². The van der Waals surface area contributed by atoms with Crippen LogP contribution in [-0.4, -0.2) is 34.1 Å². The van der Waals surface area contributed by atoms with E-state index in [2.05, 4.69) is 17.6 Å². The molecular weight excluding hydrogens is 641 g/mol. The number of urea groups is 1. The van der Waals surface area contributed by atoms with E-state index in [4.69, 9.17) is 14.2 Å². The van der Waals surface area contributed by atoms with Gasteiger partial charge in [-0.25, -0.2) is 9.59 Å². The molecule has 5 aromatic rings. The van der Waals surface area contributed by atoms with Crippen molar-refractivity contribution in [2.75, 3.05) is 16.4 Å². The fourth-order valence-corrected chi connectivity index (χ4v) is 6.50. The Balaban J connectivity index is 1.11. The number of aliphatic hydroxyl groups is 1. The third-order valence-corrected chi connectivity index (χ3v) is 9.27. The van der Waals surface area contributed by atoms with E-state index in [0.29, 0.717) is 22.9 Å². The second-order valence-electron chi connectivity index (χ2n) is 11.6. The van der Waals surface area contributed by atoms with E-state index in [1.54, 1.807) is 72.4 Å². The summed E-state index contributed by atoms with van der Waals surface area (Å²) in [5.74, 6) is 1.05. The highest BCUT2D eigenvalue weighted by Gasteiger charge is 2.38. The molecule has 0 bridgehead atoms. The van der Waals surface area contributed by atoms with Crippen LogP contribution in [0.4, 0.5) is 16.2 Å². The van der Waals surface area contributed by atoms with Crippen molar-refractivity contribution in [3.63, 3.8) is 0 Å². The molecular formula is C39H36N2O7S. The van der Waals surface area contributed by atoms with Crippen LogP contribution in [0.2, 0.25) is 0 Å². The number of carboxylic acids is 1. The minimum absolute atomic E-state index is 0.00868. The van der Waals surface area contributed by atoms with Gasteiger partial charge in [0.25, 0.3) is 0 Å². The molecule has 5 aromatic carbocycles. The van der Waals surface area contributed by atoms with E-state index in [-0.39, 0.29) is 36.3 Å². The van der Waals surface area contributed by atoms with Gasteiger partial charge < -0.3 is 35.1 Å². The van der Waals surface area contributed by atoms with Gasteiger partial charge in [0, 0.05) is 33.5 Å². The van der Waals surface area contributed by atoms with E-state index >= 15 is 0 Å². The fraction of sp³-hybridized carbons (Fsp3) is 0.179. The Labute approximate surface area is 288 Å². The molecule has 49 heavy (non-hydrogen) atoms. The van der Waals surface area contributed by atoms with E-state index in [1.165, 1.54) is 0 Å². The molecule has 1 aliphatic heterocycles. The number of benzene rings is 5. The lowest BCUT2D eigenvalue weighted by atomic mass is 9.91. The Bertz CT molecular complexity index is 1830. The largest absolute Gasteiger partial charge is 0.478 e. The Morgan fingerprint density at radius 3 is 1.94 bits per heavy atom. The van der Waals surface area contributed by atoms with Crippen LogP contribution in [0.25, 0.3) is 0 Å². The van der Waals surface area contributed by atoms with E-state index in [9.17, 15) is 19.8 Å². The maximum atomic E-state index is 12.8. The maximum Gasteiger partial charge on any atom is 0.335 e. The number of aromatic carboxylic acids is 1. The second-order valence-corrected chi connectivity index (χ2v) is 12.7. The maximum absolute atomic E-state index is 12.8. The number of hydrogen-bond donors (Lipinski definition) is 4. The first-order valence-corrected chi connectivity index (χ1v) is 16.8. The number of carbonyl (C=O) groups excluding carboxylic acids is 1. The third kappa shape index (κ3) is 8.87. The van der Waals surface area contributed by atoms with Crippen LogP contribution in [0.15, 0.2) is 132 Å². The molecule has 2 amide bonds. The summed E-state index contributed by atoms with van der Waals surface area (Å²) in [5, 5.41) is 24.5. The van der Waals surface area contributed by atoms with Gasteiger partial charge >= 0.3 is 12.0 Å². The average Bonchev–Trinajstić information content (AvgIpc) is 3.13. The Hall–Kier alpha value is -5.13. The van der Waals surface area contributed by atoms with Gasteiger partial charge in [-0.1, -0.05) is 61.5 Å². The quantitative estimate of drug-likeness (QED) is 0.102. The molecule has 4 atom stereocenters. The highest BCUT2D eigenvalue weighted by molar-refractivity contribution is 7.99. The zero-order valence-corrected chi connectivity index (χ0v) is 27.5. The molecule has 1 fully saturated rings. The first-order chi connectivity index (χ1) is 23.8. The summed E-state index contributed by atoms with van der Waals surface area (Å²) in [6.45, 7) is 2.05. The summed E-state index contributed by atoms with van der Waals surface area (Å²) in [7, 11) is 0. The molecule has 4 N–H and O–H groups in total. The van der Waals surface area contributed by atoms with Crippen LogP contribution < -0.4 is 15.4 Å². The van der Waals surface area contributed by atoms with E-state index in [1.807, 2.05) is 66.7 Å². The number of carboxylic acid groups (broad SMARTS) is 1. The molecule has 250 valence electrons. The van der Waals surface area contributed by atoms with Crippen LogP contribution in [-0.2, 0) is 16.1 Å². The SMILES string of the molecule is CC1C(CSc2ccc(C(=O)O)cc2)OC(c2ccc(NC(=O)Nc3ccc(Oc4ccccc4)cc3)cc2)OC1c1ccc(CO)cc1.